The molecule has 0 bridgehead atoms. The van der Waals surface area contributed by atoms with Gasteiger partial charge in [0.25, 0.3) is 0 Å². The van der Waals surface area contributed by atoms with Crippen molar-refractivity contribution in [3.63, 3.8) is 0 Å². The van der Waals surface area contributed by atoms with Gasteiger partial charge in [-0.05, 0) is 57.4 Å². The van der Waals surface area contributed by atoms with Crippen LogP contribution in [0.5, 0.6) is 0 Å². The van der Waals surface area contributed by atoms with Crippen LogP contribution in [0.4, 0.5) is 24.7 Å². The summed E-state index contributed by atoms with van der Waals surface area (Å²) in [6.07, 6.45) is -3.65. The van der Waals surface area contributed by atoms with E-state index in [-0.39, 0.29) is 17.4 Å². The van der Waals surface area contributed by atoms with Crippen molar-refractivity contribution < 1.29 is 18.0 Å². The van der Waals surface area contributed by atoms with Crippen molar-refractivity contribution in [2.24, 2.45) is 0 Å². The van der Waals surface area contributed by atoms with Crippen LogP contribution in [-0.4, -0.2) is 23.0 Å². The fourth-order valence-corrected chi connectivity index (χ4v) is 3.71. The maximum absolute atomic E-state index is 13.5. The van der Waals surface area contributed by atoms with Crippen LogP contribution in [-0.2, 0) is 11.0 Å². The number of anilines is 2. The number of carbonyl (C=O) groups excluding carboxylic acids is 1. The highest BCUT2D eigenvalue weighted by atomic mass is 19.4. The van der Waals surface area contributed by atoms with E-state index >= 15 is 0 Å². The average molecular weight is 402 g/mol. The fraction of sp³-hybridized carbons (Fsp3) is 0.381. The molecule has 1 aliphatic heterocycles. The van der Waals surface area contributed by atoms with Gasteiger partial charge in [-0.15, -0.1) is 0 Å². The molecular formula is C21H21F3N4O. The van der Waals surface area contributed by atoms with Crippen LogP contribution in [0, 0.1) is 25.2 Å². The van der Waals surface area contributed by atoms with Crippen LogP contribution < -0.4 is 10.2 Å². The summed E-state index contributed by atoms with van der Waals surface area (Å²) < 4.78 is 40.4. The number of nitrogens with zero attached hydrogens (tertiary/aromatic N) is 3. The van der Waals surface area contributed by atoms with Crippen LogP contribution in [0.2, 0.25) is 0 Å². The first-order valence-corrected chi connectivity index (χ1v) is 9.21. The van der Waals surface area contributed by atoms with Gasteiger partial charge in [0.2, 0.25) is 5.91 Å². The Kier molecular flexibility index (Phi) is 5.26. The molecule has 0 aliphatic carbocycles. The molecule has 1 N–H and O–H groups in total. The Balaban J connectivity index is 2.03. The maximum atomic E-state index is 13.5. The largest absolute Gasteiger partial charge is 0.417 e. The van der Waals surface area contributed by atoms with Gasteiger partial charge < -0.3 is 10.2 Å². The first-order valence-electron chi connectivity index (χ1n) is 9.21. The molecule has 0 spiro atoms. The Morgan fingerprint density at radius 2 is 2.03 bits per heavy atom. The van der Waals surface area contributed by atoms with Crippen molar-refractivity contribution in [3.8, 4) is 6.07 Å². The summed E-state index contributed by atoms with van der Waals surface area (Å²) >= 11 is 0. The molecule has 1 aliphatic rings. The molecule has 0 saturated carbocycles. The summed E-state index contributed by atoms with van der Waals surface area (Å²) in [6.45, 7) is 5.34. The van der Waals surface area contributed by atoms with Crippen molar-refractivity contribution in [1.29, 1.82) is 5.26 Å². The van der Waals surface area contributed by atoms with Crippen LogP contribution in [0.1, 0.15) is 42.1 Å². The highest BCUT2D eigenvalue weighted by molar-refractivity contribution is 6.00. The topological polar surface area (TPSA) is 69.0 Å². The Morgan fingerprint density at radius 1 is 1.31 bits per heavy atom. The lowest BCUT2D eigenvalue weighted by molar-refractivity contribution is -0.137. The molecule has 1 aromatic heterocycles. The Labute approximate surface area is 167 Å². The minimum absolute atomic E-state index is 0.0979. The van der Waals surface area contributed by atoms with Crippen LogP contribution >= 0.6 is 0 Å². The quantitative estimate of drug-likeness (QED) is 0.816. The monoisotopic (exact) mass is 402 g/mol. The molecule has 1 saturated heterocycles. The summed E-state index contributed by atoms with van der Waals surface area (Å²) in [6, 6.07) is 9.79. The number of hydrogen-bond acceptors (Lipinski definition) is 4. The van der Waals surface area contributed by atoms with E-state index < -0.39 is 22.8 Å². The van der Waals surface area contributed by atoms with Gasteiger partial charge >= 0.3 is 6.18 Å². The first-order chi connectivity index (χ1) is 13.6. The molecule has 2 aromatic rings. The second kappa shape index (κ2) is 7.39. The number of aryl methyl sites for hydroxylation is 2. The molecule has 1 amide bonds. The van der Waals surface area contributed by atoms with Crippen molar-refractivity contribution in [2.45, 2.75) is 45.3 Å². The summed E-state index contributed by atoms with van der Waals surface area (Å²) in [4.78, 5) is 18.9. The lowest BCUT2D eigenvalue weighted by Crippen LogP contribution is -2.51. The van der Waals surface area contributed by atoms with Gasteiger partial charge in [0.15, 0.2) is 0 Å². The molecule has 152 valence electrons. The van der Waals surface area contributed by atoms with E-state index in [1.165, 1.54) is 11.8 Å². The Bertz CT molecular complexity index is 996. The van der Waals surface area contributed by atoms with Gasteiger partial charge in [0.05, 0.1) is 5.56 Å². The van der Waals surface area contributed by atoms with Gasteiger partial charge in [-0.25, -0.2) is 4.98 Å². The van der Waals surface area contributed by atoms with E-state index in [9.17, 15) is 23.2 Å². The number of nitriles is 1. The molecule has 29 heavy (non-hydrogen) atoms. The number of carbonyl (C=O) groups is 1. The van der Waals surface area contributed by atoms with E-state index in [1.807, 2.05) is 25.1 Å². The number of hydrogen-bond donors (Lipinski definition) is 1. The molecule has 2 heterocycles. The number of nitrogens with one attached hydrogen (secondary N) is 1. The minimum atomic E-state index is -4.69. The molecule has 1 fully saturated rings. The van der Waals surface area contributed by atoms with E-state index in [0.29, 0.717) is 25.1 Å². The molecule has 3 rings (SSSR count). The lowest BCUT2D eigenvalue weighted by atomic mass is 9.96. The van der Waals surface area contributed by atoms with E-state index in [2.05, 4.69) is 10.3 Å². The van der Waals surface area contributed by atoms with E-state index in [1.54, 1.807) is 19.1 Å². The number of aromatic nitrogens is 1. The smallest absolute Gasteiger partial charge is 0.341 e. The molecule has 5 nitrogen and oxygen atoms in total. The average Bonchev–Trinajstić information content (AvgIpc) is 3.03. The van der Waals surface area contributed by atoms with Crippen molar-refractivity contribution in [2.75, 3.05) is 16.8 Å². The summed E-state index contributed by atoms with van der Waals surface area (Å²) in [7, 11) is 0. The predicted octanol–water partition coefficient (Wildman–Crippen LogP) is 4.59. The third kappa shape index (κ3) is 3.90. The minimum Gasteiger partial charge on any atom is -0.341 e. The SMILES string of the molecule is Cc1cccc(NC(=O)[C@]2(C)CCCN2c2nc(C)cc(C(F)(F)F)c2C#N)c1. The lowest BCUT2D eigenvalue weighted by Gasteiger charge is -2.35. The van der Waals surface area contributed by atoms with Crippen molar-refractivity contribution in [3.05, 3.63) is 52.7 Å². The van der Waals surface area contributed by atoms with E-state index in [4.69, 9.17) is 0 Å². The number of alkyl halides is 3. The number of amides is 1. The molecule has 0 radical (unpaired) electrons. The second-order valence-electron chi connectivity index (χ2n) is 7.47. The number of pyridine rings is 1. The molecule has 0 unspecified atom stereocenters. The van der Waals surface area contributed by atoms with Crippen molar-refractivity contribution in [1.82, 2.24) is 4.98 Å². The van der Waals surface area contributed by atoms with Crippen LogP contribution in [0.3, 0.4) is 0 Å². The summed E-state index contributed by atoms with van der Waals surface area (Å²) in [5.74, 6) is -0.444. The fourth-order valence-electron chi connectivity index (χ4n) is 3.71. The number of halogens is 3. The zero-order valence-electron chi connectivity index (χ0n) is 16.4. The normalized spacial score (nSPS) is 19.1. The van der Waals surface area contributed by atoms with Gasteiger partial charge in [0.1, 0.15) is 23.0 Å². The Hall–Kier alpha value is -3.08. The zero-order chi connectivity index (χ0) is 21.4. The second-order valence-corrected chi connectivity index (χ2v) is 7.47. The van der Waals surface area contributed by atoms with Gasteiger partial charge in [0, 0.05) is 17.9 Å². The highest BCUT2D eigenvalue weighted by Gasteiger charge is 2.46. The van der Waals surface area contributed by atoms with Crippen LogP contribution in [0.25, 0.3) is 0 Å². The van der Waals surface area contributed by atoms with E-state index in [0.717, 1.165) is 11.6 Å². The zero-order valence-corrected chi connectivity index (χ0v) is 16.4. The highest BCUT2D eigenvalue weighted by Crippen LogP contribution is 2.40. The maximum Gasteiger partial charge on any atom is 0.417 e. The van der Waals surface area contributed by atoms with Crippen molar-refractivity contribution >= 4 is 17.4 Å². The van der Waals surface area contributed by atoms with Gasteiger partial charge in [-0.1, -0.05) is 12.1 Å². The molecule has 1 aromatic carbocycles. The standard InChI is InChI=1S/C21H21F3N4O/c1-13-6-4-7-15(10-13)27-19(29)20(3)8-5-9-28(20)18-16(12-25)17(21(22,23)24)11-14(2)26-18/h4,6-7,10-11H,5,8-9H2,1-3H3,(H,27,29)/t20-/m0/s1. The number of rotatable bonds is 3. The first kappa shape index (κ1) is 20.6. The summed E-state index contributed by atoms with van der Waals surface area (Å²) in [5, 5.41) is 12.3. The Morgan fingerprint density at radius 3 is 2.66 bits per heavy atom. The van der Waals surface area contributed by atoms with Gasteiger partial charge in [-0.3, -0.25) is 4.79 Å². The van der Waals surface area contributed by atoms with Gasteiger partial charge in [-0.2, -0.15) is 18.4 Å². The predicted molar refractivity (Wildman–Crippen MR) is 103 cm³/mol. The molecule has 1 atom stereocenters. The summed E-state index contributed by atoms with van der Waals surface area (Å²) in [5.41, 5.74) is -0.996. The molecular weight excluding hydrogens is 381 g/mol. The van der Waals surface area contributed by atoms with Crippen LogP contribution in [0.15, 0.2) is 30.3 Å². The molecule has 8 heteroatoms. The third-order valence-electron chi connectivity index (χ3n) is 5.21. The number of benzene rings is 1. The third-order valence-corrected chi connectivity index (χ3v) is 5.21.